The zero-order valence-electron chi connectivity index (χ0n) is 14.4. The van der Waals surface area contributed by atoms with Crippen molar-refractivity contribution in [1.29, 1.82) is 0 Å². The van der Waals surface area contributed by atoms with Gasteiger partial charge in [-0.25, -0.2) is 0 Å². The average molecular weight is 388 g/mol. The molecule has 0 saturated carbocycles. The molecule has 0 bridgehead atoms. The molecule has 0 saturated heterocycles. The normalized spacial score (nSPS) is 12.0. The van der Waals surface area contributed by atoms with Crippen LogP contribution in [0.3, 0.4) is 0 Å². The topological polar surface area (TPSA) is 68.0 Å². The Labute approximate surface area is 161 Å². The monoisotopic (exact) mass is 387 g/mol. The van der Waals surface area contributed by atoms with E-state index in [-0.39, 0.29) is 11.2 Å². The van der Waals surface area contributed by atoms with Gasteiger partial charge in [-0.1, -0.05) is 54.6 Å². The lowest BCUT2D eigenvalue weighted by molar-refractivity contribution is -0.115. The van der Waals surface area contributed by atoms with Gasteiger partial charge in [-0.15, -0.1) is 10.2 Å². The third kappa shape index (κ3) is 4.45. The number of halogens is 1. The highest BCUT2D eigenvalue weighted by atomic mass is 35.5. The van der Waals surface area contributed by atoms with Crippen molar-refractivity contribution in [2.45, 2.75) is 30.7 Å². The third-order valence-electron chi connectivity index (χ3n) is 3.79. The number of nitrogens with zero attached hydrogens (tertiary/aromatic N) is 2. The van der Waals surface area contributed by atoms with Crippen molar-refractivity contribution in [2.24, 2.45) is 0 Å². The minimum atomic E-state index is -0.389. The van der Waals surface area contributed by atoms with Crippen LogP contribution in [0.15, 0.2) is 58.2 Å². The highest BCUT2D eigenvalue weighted by Crippen LogP contribution is 2.30. The van der Waals surface area contributed by atoms with E-state index in [2.05, 4.69) is 22.4 Å². The molecule has 2 aromatic carbocycles. The van der Waals surface area contributed by atoms with Crippen LogP contribution in [0.2, 0.25) is 5.02 Å². The van der Waals surface area contributed by atoms with Gasteiger partial charge >= 0.3 is 0 Å². The number of carbonyl (C=O) groups excluding carboxylic acids is 1. The summed E-state index contributed by atoms with van der Waals surface area (Å²) in [5, 5.41) is 11.4. The van der Waals surface area contributed by atoms with Gasteiger partial charge in [0.05, 0.1) is 15.8 Å². The number of rotatable bonds is 6. The predicted molar refractivity (Wildman–Crippen MR) is 105 cm³/mol. The number of amides is 1. The fourth-order valence-electron chi connectivity index (χ4n) is 2.27. The zero-order valence-corrected chi connectivity index (χ0v) is 16.0. The van der Waals surface area contributed by atoms with E-state index in [9.17, 15) is 4.79 Å². The van der Waals surface area contributed by atoms with Gasteiger partial charge in [0, 0.05) is 5.69 Å². The van der Waals surface area contributed by atoms with Crippen molar-refractivity contribution in [1.82, 2.24) is 10.2 Å². The molecule has 0 aliphatic carbocycles. The van der Waals surface area contributed by atoms with Crippen molar-refractivity contribution in [3.05, 3.63) is 59.1 Å². The molecule has 1 unspecified atom stereocenters. The summed E-state index contributed by atoms with van der Waals surface area (Å²) in [5.74, 6) is 0.206. The number of hydrogen-bond acceptors (Lipinski definition) is 5. The smallest absolute Gasteiger partial charge is 0.277 e. The number of aromatic nitrogens is 2. The Morgan fingerprint density at radius 2 is 1.92 bits per heavy atom. The number of nitrogens with one attached hydrogen (secondary N) is 1. The molecule has 26 heavy (non-hydrogen) atoms. The third-order valence-corrected chi connectivity index (χ3v) is 5.05. The molecular weight excluding hydrogens is 370 g/mol. The second-order valence-electron chi connectivity index (χ2n) is 5.65. The van der Waals surface area contributed by atoms with Crippen LogP contribution in [0, 0.1) is 0 Å². The van der Waals surface area contributed by atoms with Gasteiger partial charge in [-0.3, -0.25) is 4.79 Å². The van der Waals surface area contributed by atoms with Crippen molar-refractivity contribution in [3.8, 4) is 11.5 Å². The van der Waals surface area contributed by atoms with Crippen molar-refractivity contribution < 1.29 is 9.21 Å². The van der Waals surface area contributed by atoms with Crippen LogP contribution in [0.4, 0.5) is 5.69 Å². The molecule has 0 spiro atoms. The first-order valence-corrected chi connectivity index (χ1v) is 9.47. The number of hydrogen-bond donors (Lipinski definition) is 1. The van der Waals surface area contributed by atoms with Crippen molar-refractivity contribution in [2.75, 3.05) is 5.32 Å². The quantitative estimate of drug-likeness (QED) is 0.598. The minimum absolute atomic E-state index is 0.128. The molecule has 7 heteroatoms. The Morgan fingerprint density at radius 3 is 2.62 bits per heavy atom. The van der Waals surface area contributed by atoms with E-state index < -0.39 is 0 Å². The van der Waals surface area contributed by atoms with Gasteiger partial charge in [0.25, 0.3) is 5.22 Å². The fraction of sp³-hybridized carbons (Fsp3) is 0.211. The number of aryl methyl sites for hydroxylation is 1. The Hall–Kier alpha value is -2.31. The molecule has 1 aromatic heterocycles. The molecule has 1 N–H and O–H groups in total. The van der Waals surface area contributed by atoms with Crippen LogP contribution in [-0.2, 0) is 11.2 Å². The number of anilines is 1. The lowest BCUT2D eigenvalue weighted by atomic mass is 10.1. The summed E-state index contributed by atoms with van der Waals surface area (Å²) < 4.78 is 5.63. The molecule has 1 amide bonds. The van der Waals surface area contributed by atoms with E-state index in [0.29, 0.717) is 21.7 Å². The Morgan fingerprint density at radius 1 is 1.19 bits per heavy atom. The first-order chi connectivity index (χ1) is 12.6. The molecule has 134 valence electrons. The molecule has 0 radical (unpaired) electrons. The summed E-state index contributed by atoms with van der Waals surface area (Å²) in [6.07, 6.45) is 0.964. The highest BCUT2D eigenvalue weighted by Gasteiger charge is 2.19. The van der Waals surface area contributed by atoms with E-state index >= 15 is 0 Å². The van der Waals surface area contributed by atoms with Crippen LogP contribution in [0.25, 0.3) is 11.5 Å². The summed E-state index contributed by atoms with van der Waals surface area (Å²) >= 11 is 7.34. The van der Waals surface area contributed by atoms with Crippen LogP contribution >= 0.6 is 23.4 Å². The van der Waals surface area contributed by atoms with E-state index in [4.69, 9.17) is 16.0 Å². The largest absolute Gasteiger partial charge is 0.411 e. The Kier molecular flexibility index (Phi) is 5.96. The summed E-state index contributed by atoms with van der Waals surface area (Å²) in [7, 11) is 0. The van der Waals surface area contributed by atoms with Crippen LogP contribution < -0.4 is 5.32 Å². The van der Waals surface area contributed by atoms with E-state index in [1.807, 2.05) is 36.4 Å². The van der Waals surface area contributed by atoms with Crippen molar-refractivity contribution in [3.63, 3.8) is 0 Å². The maximum atomic E-state index is 12.4. The minimum Gasteiger partial charge on any atom is -0.411 e. The summed E-state index contributed by atoms with van der Waals surface area (Å²) in [4.78, 5) is 12.4. The van der Waals surface area contributed by atoms with Gasteiger partial charge < -0.3 is 9.73 Å². The SMILES string of the molecule is CCc1ccc(NC(=O)C(C)Sc2nnc(-c3ccccc3Cl)o2)cc1. The van der Waals surface area contributed by atoms with Gasteiger partial charge in [0.2, 0.25) is 11.8 Å². The van der Waals surface area contributed by atoms with Gasteiger partial charge in [0.1, 0.15) is 0 Å². The molecule has 1 atom stereocenters. The molecular formula is C19H18ClN3O2S. The van der Waals surface area contributed by atoms with Gasteiger partial charge in [-0.05, 0) is 43.2 Å². The lowest BCUT2D eigenvalue weighted by Crippen LogP contribution is -2.22. The molecule has 3 rings (SSSR count). The van der Waals surface area contributed by atoms with Crippen LogP contribution in [0.1, 0.15) is 19.4 Å². The molecule has 0 aliphatic rings. The summed E-state index contributed by atoms with van der Waals surface area (Å²) in [5.41, 5.74) is 2.66. The summed E-state index contributed by atoms with van der Waals surface area (Å²) in [6.45, 7) is 3.88. The fourth-order valence-corrected chi connectivity index (χ4v) is 3.17. The first-order valence-electron chi connectivity index (χ1n) is 8.21. The number of benzene rings is 2. The average Bonchev–Trinajstić information content (AvgIpc) is 3.11. The number of carbonyl (C=O) groups is 1. The summed E-state index contributed by atoms with van der Waals surface area (Å²) in [6, 6.07) is 15.0. The molecule has 0 fully saturated rings. The first kappa shape index (κ1) is 18.5. The highest BCUT2D eigenvalue weighted by molar-refractivity contribution is 8.00. The maximum absolute atomic E-state index is 12.4. The lowest BCUT2D eigenvalue weighted by Gasteiger charge is -2.10. The van der Waals surface area contributed by atoms with E-state index in [1.54, 1.807) is 19.1 Å². The second kappa shape index (κ2) is 8.38. The maximum Gasteiger partial charge on any atom is 0.277 e. The van der Waals surface area contributed by atoms with E-state index in [0.717, 1.165) is 12.1 Å². The van der Waals surface area contributed by atoms with Gasteiger partial charge in [0.15, 0.2) is 0 Å². The molecule has 1 heterocycles. The molecule has 0 aliphatic heterocycles. The predicted octanol–water partition coefficient (Wildman–Crippen LogP) is 5.07. The Balaban J connectivity index is 1.63. The standard InChI is InChI=1S/C19H18ClN3O2S/c1-3-13-8-10-14(11-9-13)21-17(24)12(2)26-19-23-22-18(25-19)15-6-4-5-7-16(15)20/h4-12H,3H2,1-2H3,(H,21,24). The van der Waals surface area contributed by atoms with Crippen LogP contribution in [-0.4, -0.2) is 21.4 Å². The van der Waals surface area contributed by atoms with E-state index in [1.165, 1.54) is 17.3 Å². The Bertz CT molecular complexity index is 896. The second-order valence-corrected chi connectivity index (χ2v) is 7.35. The molecule has 5 nitrogen and oxygen atoms in total. The van der Waals surface area contributed by atoms with Crippen LogP contribution in [0.5, 0.6) is 0 Å². The number of thioether (sulfide) groups is 1. The molecule has 3 aromatic rings. The van der Waals surface area contributed by atoms with Crippen molar-refractivity contribution >= 4 is 35.0 Å². The van der Waals surface area contributed by atoms with Gasteiger partial charge in [-0.2, -0.15) is 0 Å². The zero-order chi connectivity index (χ0) is 18.5.